The molecule has 3 saturated heterocycles. The van der Waals surface area contributed by atoms with Crippen LogP contribution in [-0.4, -0.2) is 117 Å². The zero-order valence-corrected chi connectivity index (χ0v) is 24.1. The van der Waals surface area contributed by atoms with Crippen molar-refractivity contribution in [2.75, 3.05) is 82.4 Å². The van der Waals surface area contributed by atoms with Crippen molar-refractivity contribution in [2.45, 2.75) is 6.10 Å². The number of hydrogen-bond donors (Lipinski definition) is 3. The van der Waals surface area contributed by atoms with Crippen LogP contribution in [0, 0.1) is 11.6 Å². The molecule has 0 unspecified atom stereocenters. The van der Waals surface area contributed by atoms with Crippen LogP contribution in [0.2, 0.25) is 0 Å². The van der Waals surface area contributed by atoms with Crippen molar-refractivity contribution in [1.29, 1.82) is 0 Å². The van der Waals surface area contributed by atoms with Crippen LogP contribution in [0.15, 0.2) is 41.8 Å². The molecule has 3 aliphatic heterocycles. The van der Waals surface area contributed by atoms with Crippen LogP contribution in [0.3, 0.4) is 0 Å². The monoisotopic (exact) mass is 607 g/mol. The minimum absolute atomic E-state index is 0.0451. The van der Waals surface area contributed by atoms with Gasteiger partial charge in [0.05, 0.1) is 32.4 Å². The molecule has 3 aliphatic rings. The molecule has 0 spiro atoms. The van der Waals surface area contributed by atoms with Gasteiger partial charge >= 0.3 is 12.1 Å². The van der Waals surface area contributed by atoms with E-state index in [2.05, 4.69) is 22.3 Å². The van der Waals surface area contributed by atoms with Crippen LogP contribution in [0.4, 0.5) is 29.7 Å². The van der Waals surface area contributed by atoms with Crippen molar-refractivity contribution < 1.29 is 27.8 Å². The van der Waals surface area contributed by atoms with Gasteiger partial charge in [0.15, 0.2) is 11.6 Å². The van der Waals surface area contributed by atoms with Crippen molar-refractivity contribution in [3.63, 3.8) is 0 Å². The second-order valence-corrected chi connectivity index (χ2v) is 10.0. The number of anilines is 2. The summed E-state index contributed by atoms with van der Waals surface area (Å²) >= 11 is 4.91. The van der Waals surface area contributed by atoms with E-state index in [-0.39, 0.29) is 55.3 Å². The Morgan fingerprint density at radius 2 is 1.90 bits per heavy atom. The van der Waals surface area contributed by atoms with E-state index in [1.807, 2.05) is 4.90 Å². The Bertz CT molecular complexity index is 1220. The Morgan fingerprint density at radius 1 is 1.21 bits per heavy atom. The Kier molecular flexibility index (Phi) is 10.4. The quantitative estimate of drug-likeness (QED) is 0.307. The van der Waals surface area contributed by atoms with Gasteiger partial charge in [0.2, 0.25) is 0 Å². The summed E-state index contributed by atoms with van der Waals surface area (Å²) in [5.41, 5.74) is 8.20. The third-order valence-electron chi connectivity index (χ3n) is 7.01. The Balaban J connectivity index is 1.33. The first kappa shape index (κ1) is 30.8. The van der Waals surface area contributed by atoms with Crippen LogP contribution < -0.4 is 26.3 Å². The predicted molar refractivity (Wildman–Crippen MR) is 158 cm³/mol. The molecule has 1 aromatic carbocycles. The first-order valence-electron chi connectivity index (χ1n) is 13.4. The SMILES string of the molecule is C=C(N=C/C=C\N)N1CCN(C(=O)N2CCN(c3c(F)cc(N4C[C@H](CNC(=S)OC)OC4=O)cc3F)CCN2)CC1. The molecule has 3 amide bonds. The number of hydrazine groups is 1. The largest absolute Gasteiger partial charge is 0.474 e. The lowest BCUT2D eigenvalue weighted by Crippen LogP contribution is -2.55. The number of allylic oxidation sites excluding steroid dienone is 1. The molecule has 1 aromatic rings. The number of urea groups is 1. The number of methoxy groups -OCH3 is 1. The summed E-state index contributed by atoms with van der Waals surface area (Å²) in [6.45, 7) is 7.28. The molecular formula is C26H35F2N9O4S. The molecule has 42 heavy (non-hydrogen) atoms. The number of thiocarbonyl (C=S) groups is 1. The molecule has 16 heteroatoms. The second-order valence-electron chi connectivity index (χ2n) is 9.63. The maximum Gasteiger partial charge on any atom is 0.414 e. The minimum Gasteiger partial charge on any atom is -0.474 e. The molecule has 3 heterocycles. The number of ether oxygens (including phenoxy) is 2. The molecule has 4 N–H and O–H groups in total. The third kappa shape index (κ3) is 7.36. The number of nitrogens with zero attached hydrogens (tertiary/aromatic N) is 6. The summed E-state index contributed by atoms with van der Waals surface area (Å²) in [6, 6.07) is 2.01. The number of benzene rings is 1. The van der Waals surface area contributed by atoms with Gasteiger partial charge in [0.1, 0.15) is 17.6 Å². The normalized spacial score (nSPS) is 19.8. The van der Waals surface area contributed by atoms with E-state index >= 15 is 8.78 Å². The summed E-state index contributed by atoms with van der Waals surface area (Å²) < 4.78 is 40.7. The number of nitrogens with one attached hydrogen (secondary N) is 2. The van der Waals surface area contributed by atoms with Gasteiger partial charge in [-0.1, -0.05) is 6.58 Å². The number of rotatable bonds is 7. The number of hydrogen-bond acceptors (Lipinski definition) is 10. The maximum atomic E-state index is 15.3. The summed E-state index contributed by atoms with van der Waals surface area (Å²) in [6.07, 6.45) is 3.24. The van der Waals surface area contributed by atoms with Crippen LogP contribution in [0.25, 0.3) is 0 Å². The summed E-state index contributed by atoms with van der Waals surface area (Å²) in [5, 5.41) is 4.41. The number of piperazine rings is 1. The fourth-order valence-electron chi connectivity index (χ4n) is 4.82. The van der Waals surface area contributed by atoms with E-state index in [0.717, 1.165) is 12.1 Å². The highest BCUT2D eigenvalue weighted by Crippen LogP contribution is 2.31. The van der Waals surface area contributed by atoms with E-state index in [4.69, 9.17) is 27.4 Å². The lowest BCUT2D eigenvalue weighted by Gasteiger charge is -2.38. The number of nitrogens with two attached hydrogens (primary N) is 1. The lowest BCUT2D eigenvalue weighted by molar-refractivity contribution is 0.110. The molecule has 1 atom stereocenters. The van der Waals surface area contributed by atoms with Crippen molar-refractivity contribution in [1.82, 2.24) is 25.6 Å². The van der Waals surface area contributed by atoms with Crippen LogP contribution in [0.1, 0.15) is 0 Å². The number of carbonyl (C=O) groups is 2. The average molecular weight is 608 g/mol. The van der Waals surface area contributed by atoms with E-state index < -0.39 is 23.8 Å². The highest BCUT2D eigenvalue weighted by molar-refractivity contribution is 7.80. The standard InChI is InChI=1S/C26H35F2N9O4S/c1-18(30-5-3-4-29)33-8-10-35(11-9-33)25(38)37-13-12-34(7-6-32-37)23-21(27)14-19(15-22(23)28)36-17-20(41-26(36)39)16-31-24(42)40-2/h3-5,14-15,20,32H,1,6-13,16-17,29H2,2H3,(H,31,42)/b4-3-,30-5?/t20-/m0/s1. The molecule has 0 aliphatic carbocycles. The third-order valence-corrected chi connectivity index (χ3v) is 7.32. The van der Waals surface area contributed by atoms with E-state index in [9.17, 15) is 9.59 Å². The highest BCUT2D eigenvalue weighted by atomic mass is 32.1. The van der Waals surface area contributed by atoms with Gasteiger partial charge in [0.25, 0.3) is 5.17 Å². The summed E-state index contributed by atoms with van der Waals surface area (Å²) in [5.74, 6) is -1.05. The van der Waals surface area contributed by atoms with Gasteiger partial charge in [-0.05, 0) is 24.5 Å². The number of halogens is 2. The summed E-state index contributed by atoms with van der Waals surface area (Å²) in [4.78, 5) is 36.2. The van der Waals surface area contributed by atoms with Gasteiger partial charge < -0.3 is 35.2 Å². The summed E-state index contributed by atoms with van der Waals surface area (Å²) in [7, 11) is 1.41. The number of aliphatic imine (C=N–C) groups is 1. The fourth-order valence-corrected chi connectivity index (χ4v) is 4.91. The average Bonchev–Trinajstić information content (AvgIpc) is 3.19. The maximum absolute atomic E-state index is 15.3. The molecule has 0 bridgehead atoms. The molecule has 0 saturated carbocycles. The predicted octanol–water partition coefficient (Wildman–Crippen LogP) is 1.19. The number of cyclic esters (lactones) is 1. The van der Waals surface area contributed by atoms with Gasteiger partial charge in [0, 0.05) is 64.2 Å². The number of carbonyl (C=O) groups excluding carboxylic acids is 2. The molecule has 228 valence electrons. The molecule has 0 aromatic heterocycles. The van der Waals surface area contributed by atoms with Crippen molar-refractivity contribution in [2.24, 2.45) is 10.7 Å². The fraction of sp³-hybridized carbons (Fsp3) is 0.462. The van der Waals surface area contributed by atoms with Crippen molar-refractivity contribution in [3.8, 4) is 0 Å². The zero-order chi connectivity index (χ0) is 30.2. The molecule has 3 fully saturated rings. The smallest absolute Gasteiger partial charge is 0.414 e. The molecule has 13 nitrogen and oxygen atoms in total. The minimum atomic E-state index is -0.819. The first-order chi connectivity index (χ1) is 20.2. The van der Waals surface area contributed by atoms with Gasteiger partial charge in [-0.2, -0.15) is 0 Å². The zero-order valence-electron chi connectivity index (χ0n) is 23.3. The Labute approximate surface area is 248 Å². The van der Waals surface area contributed by atoms with Gasteiger partial charge in [-0.25, -0.2) is 28.8 Å². The second kappa shape index (κ2) is 14.1. The van der Waals surface area contributed by atoms with Crippen molar-refractivity contribution >= 4 is 47.1 Å². The first-order valence-corrected chi connectivity index (χ1v) is 13.8. The van der Waals surface area contributed by atoms with Crippen molar-refractivity contribution in [3.05, 3.63) is 48.4 Å². The van der Waals surface area contributed by atoms with E-state index in [1.165, 1.54) is 23.2 Å². The number of amides is 3. The lowest BCUT2D eigenvalue weighted by atomic mass is 10.2. The van der Waals surface area contributed by atoms with Crippen LogP contribution in [0.5, 0.6) is 0 Å². The van der Waals surface area contributed by atoms with Crippen LogP contribution in [-0.2, 0) is 9.47 Å². The van der Waals surface area contributed by atoms with Crippen LogP contribution >= 0.6 is 12.2 Å². The highest BCUT2D eigenvalue weighted by Gasteiger charge is 2.34. The van der Waals surface area contributed by atoms with Gasteiger partial charge in [-0.15, -0.1) is 0 Å². The molecule has 4 rings (SSSR count). The van der Waals surface area contributed by atoms with E-state index in [1.54, 1.807) is 22.1 Å². The molecule has 0 radical (unpaired) electrons. The van der Waals surface area contributed by atoms with E-state index in [0.29, 0.717) is 38.5 Å². The Morgan fingerprint density at radius 3 is 2.57 bits per heavy atom. The Hall–Kier alpha value is -4.18. The van der Waals surface area contributed by atoms with Gasteiger partial charge in [-0.3, -0.25) is 9.91 Å². The topological polar surface area (TPSA) is 131 Å². The molecular weight excluding hydrogens is 572 g/mol.